The molecule has 0 saturated heterocycles. The molecule has 0 saturated carbocycles. The van der Waals surface area contributed by atoms with E-state index in [4.69, 9.17) is 18.3 Å². The van der Waals surface area contributed by atoms with Crippen LogP contribution in [0.1, 0.15) is 94.9 Å². The van der Waals surface area contributed by atoms with Crippen LogP contribution < -0.4 is 0 Å². The zero-order valence-electron chi connectivity index (χ0n) is 28.2. The molecule has 0 aliphatic carbocycles. The Labute approximate surface area is 247 Å². The van der Waals surface area contributed by atoms with Gasteiger partial charge in [0.15, 0.2) is 22.4 Å². The fourth-order valence-corrected chi connectivity index (χ4v) is 7.68. The highest BCUT2D eigenvalue weighted by atomic mass is 28.4. The predicted octanol–water partition coefficient (Wildman–Crippen LogP) is 7.19. The molecule has 0 aromatic heterocycles. The average molecular weight is 601 g/mol. The molecule has 234 valence electrons. The third kappa shape index (κ3) is 9.33. The molecule has 40 heavy (non-hydrogen) atoms. The second-order valence-corrected chi connectivity index (χ2v) is 24.7. The molecule has 6 atom stereocenters. The second kappa shape index (κ2) is 13.2. The number of methoxy groups -OCH3 is 1. The molecule has 9 heteroatoms. The van der Waals surface area contributed by atoms with Crippen LogP contribution in [0.3, 0.4) is 0 Å². The molecule has 0 fully saturated rings. The molecule has 1 aliphatic heterocycles. The Morgan fingerprint density at radius 1 is 1.02 bits per heavy atom. The molecule has 1 N–H and O–H groups in total. The van der Waals surface area contributed by atoms with Crippen LogP contribution >= 0.6 is 0 Å². The summed E-state index contributed by atoms with van der Waals surface area (Å²) in [5, 5.41) is 11.0. The van der Waals surface area contributed by atoms with Gasteiger partial charge in [-0.05, 0) is 82.0 Å². The first-order valence-corrected chi connectivity index (χ1v) is 20.7. The fraction of sp³-hybridized carbons (Fsp3) is 0.871. The van der Waals surface area contributed by atoms with Crippen molar-refractivity contribution in [3.05, 3.63) is 12.2 Å². The molecule has 1 heterocycles. The molecule has 0 amide bonds. The Morgan fingerprint density at radius 2 is 1.55 bits per heavy atom. The molecule has 0 aromatic carbocycles. The van der Waals surface area contributed by atoms with Crippen molar-refractivity contribution >= 4 is 28.4 Å². The van der Waals surface area contributed by atoms with Crippen molar-refractivity contribution < 1.29 is 33.0 Å². The third-order valence-corrected chi connectivity index (χ3v) is 18.7. The zero-order chi connectivity index (χ0) is 31.5. The van der Waals surface area contributed by atoms with E-state index in [9.17, 15) is 14.7 Å². The first-order valence-electron chi connectivity index (χ1n) is 14.9. The number of rotatable bonds is 6. The first-order chi connectivity index (χ1) is 17.8. The molecule has 0 spiro atoms. The van der Waals surface area contributed by atoms with Crippen LogP contribution in [-0.4, -0.2) is 70.1 Å². The van der Waals surface area contributed by atoms with Gasteiger partial charge in [0.2, 0.25) is 0 Å². The lowest BCUT2D eigenvalue weighted by Crippen LogP contribution is -2.56. The van der Waals surface area contributed by atoms with Gasteiger partial charge in [0.05, 0.1) is 23.7 Å². The van der Waals surface area contributed by atoms with Gasteiger partial charge in [-0.15, -0.1) is 0 Å². The molecule has 1 rings (SSSR count). The molecule has 0 bridgehead atoms. The molecule has 0 aromatic rings. The lowest BCUT2D eigenvalue weighted by atomic mass is 9.86. The Kier molecular flexibility index (Phi) is 12.3. The largest absolute Gasteiger partial charge is 0.459 e. The number of carbonyl (C=O) groups excluding carboxylic acids is 2. The van der Waals surface area contributed by atoms with Gasteiger partial charge in [0, 0.05) is 20.0 Å². The summed E-state index contributed by atoms with van der Waals surface area (Å²) in [4.78, 5) is 26.7. The molecule has 7 nitrogen and oxygen atoms in total. The number of hydrogen-bond acceptors (Lipinski definition) is 7. The van der Waals surface area contributed by atoms with Crippen molar-refractivity contribution in [3.8, 4) is 0 Å². The summed E-state index contributed by atoms with van der Waals surface area (Å²) in [6, 6.07) is 0. The normalized spacial score (nSPS) is 33.3. The van der Waals surface area contributed by atoms with Crippen LogP contribution in [0.5, 0.6) is 0 Å². The van der Waals surface area contributed by atoms with Crippen LogP contribution in [0.2, 0.25) is 36.3 Å². The van der Waals surface area contributed by atoms with E-state index < -0.39 is 58.0 Å². The Balaban J connectivity index is 3.76. The van der Waals surface area contributed by atoms with Crippen molar-refractivity contribution in [2.75, 3.05) is 7.11 Å². The van der Waals surface area contributed by atoms with E-state index in [2.05, 4.69) is 67.7 Å². The molecule has 0 radical (unpaired) electrons. The van der Waals surface area contributed by atoms with Crippen molar-refractivity contribution in [1.29, 1.82) is 0 Å². The van der Waals surface area contributed by atoms with Crippen molar-refractivity contribution in [2.45, 2.75) is 161 Å². The Bertz CT molecular complexity index is 898. The summed E-state index contributed by atoms with van der Waals surface area (Å²) in [7, 11) is -2.94. The third-order valence-electron chi connectivity index (χ3n) is 9.64. The zero-order valence-corrected chi connectivity index (χ0v) is 30.2. The van der Waals surface area contributed by atoms with Crippen LogP contribution in [0.4, 0.5) is 0 Å². The monoisotopic (exact) mass is 600 g/mol. The first kappa shape index (κ1) is 37.2. The van der Waals surface area contributed by atoms with E-state index in [0.29, 0.717) is 19.3 Å². The number of cyclic esters (lactones) is 1. The number of carbonyl (C=O) groups is 2. The Morgan fingerprint density at radius 3 is 2.00 bits per heavy atom. The number of ether oxygens (including phenoxy) is 2. The molecular formula is C31H60O7Si2. The minimum Gasteiger partial charge on any atom is -0.459 e. The number of aliphatic hydroxyl groups is 1. The predicted molar refractivity (Wildman–Crippen MR) is 168 cm³/mol. The second-order valence-electron chi connectivity index (χ2n) is 15.2. The summed E-state index contributed by atoms with van der Waals surface area (Å²) < 4.78 is 26.0. The van der Waals surface area contributed by atoms with E-state index in [1.807, 2.05) is 20.8 Å². The highest BCUT2D eigenvalue weighted by Gasteiger charge is 2.49. The Hall–Kier alpha value is -0.846. The highest BCUT2D eigenvalue weighted by molar-refractivity contribution is 6.74. The summed E-state index contributed by atoms with van der Waals surface area (Å²) in [6.07, 6.45) is 2.60. The summed E-state index contributed by atoms with van der Waals surface area (Å²) in [5.74, 6) is -1.17. The number of allylic oxidation sites excluding steroid dienone is 1. The van der Waals surface area contributed by atoms with Crippen molar-refractivity contribution in [2.24, 2.45) is 5.92 Å². The maximum absolute atomic E-state index is 13.6. The van der Waals surface area contributed by atoms with Crippen LogP contribution in [0.15, 0.2) is 12.2 Å². The van der Waals surface area contributed by atoms with E-state index in [1.54, 1.807) is 14.0 Å². The van der Waals surface area contributed by atoms with Gasteiger partial charge in [-0.2, -0.15) is 0 Å². The quantitative estimate of drug-likeness (QED) is 0.255. The standard InChI is InChI=1S/C31H60O7Si2/c1-16-25-30(9,34)19-17-23(32)18-20-31(10,38-40(14,15)29(6,7)8)26(35-11)21-24(22(2)27(33)36-25)37-39(12,13)28(3,4)5/h17,19,22,24-26,34H,16,18,20-21H2,1-15H3/b19-17+/t22-,24+,25-,26-,30+,31-/m1/s1. The fourth-order valence-electron chi connectivity index (χ4n) is 4.57. The van der Waals surface area contributed by atoms with E-state index in [0.717, 1.165) is 0 Å². The van der Waals surface area contributed by atoms with E-state index in [-0.39, 0.29) is 22.3 Å². The molecular weight excluding hydrogens is 541 g/mol. The van der Waals surface area contributed by atoms with Crippen molar-refractivity contribution in [3.63, 3.8) is 0 Å². The molecule has 0 unspecified atom stereocenters. The number of ketones is 1. The van der Waals surface area contributed by atoms with Crippen LogP contribution in [-0.2, 0) is 27.9 Å². The highest BCUT2D eigenvalue weighted by Crippen LogP contribution is 2.44. The number of esters is 1. The lowest BCUT2D eigenvalue weighted by molar-refractivity contribution is -0.169. The van der Waals surface area contributed by atoms with Gasteiger partial charge in [-0.3, -0.25) is 9.59 Å². The average Bonchev–Trinajstić information content (AvgIpc) is 2.79. The SMILES string of the molecule is CC[C@H]1OC(=O)[C@H](C)[C@@H](O[Si](C)(C)C(C)(C)C)C[C@@H](OC)[C@](C)(O[Si](C)(C)C(C)(C)C)CCC(=O)/C=C/[C@]1(C)O. The van der Waals surface area contributed by atoms with Gasteiger partial charge in [0.1, 0.15) is 11.7 Å². The minimum atomic E-state index is -2.31. The maximum atomic E-state index is 13.6. The summed E-state index contributed by atoms with van der Waals surface area (Å²) in [6.45, 7) is 29.1. The lowest BCUT2D eigenvalue weighted by Gasteiger charge is -2.48. The summed E-state index contributed by atoms with van der Waals surface area (Å²) >= 11 is 0. The minimum absolute atomic E-state index is 0.0562. The maximum Gasteiger partial charge on any atom is 0.311 e. The van der Waals surface area contributed by atoms with E-state index >= 15 is 0 Å². The van der Waals surface area contributed by atoms with Gasteiger partial charge in [-0.1, -0.05) is 48.5 Å². The number of hydrogen-bond donors (Lipinski definition) is 1. The molecule has 1 aliphatic rings. The van der Waals surface area contributed by atoms with E-state index in [1.165, 1.54) is 12.2 Å². The van der Waals surface area contributed by atoms with Crippen molar-refractivity contribution in [1.82, 2.24) is 0 Å². The van der Waals surface area contributed by atoms with Crippen LogP contribution in [0.25, 0.3) is 0 Å². The van der Waals surface area contributed by atoms with Crippen LogP contribution in [0, 0.1) is 5.92 Å². The smallest absolute Gasteiger partial charge is 0.311 e. The van der Waals surface area contributed by atoms with Gasteiger partial charge in [-0.25, -0.2) is 0 Å². The summed E-state index contributed by atoms with van der Waals surface area (Å²) in [5.41, 5.74) is -2.30. The van der Waals surface area contributed by atoms with Gasteiger partial charge < -0.3 is 23.4 Å². The van der Waals surface area contributed by atoms with Gasteiger partial charge in [0.25, 0.3) is 0 Å². The van der Waals surface area contributed by atoms with Gasteiger partial charge >= 0.3 is 5.97 Å². The topological polar surface area (TPSA) is 91.3 Å².